The van der Waals surface area contributed by atoms with Gasteiger partial charge in [-0.05, 0) is 25.8 Å². The van der Waals surface area contributed by atoms with E-state index in [0.717, 1.165) is 43.1 Å². The van der Waals surface area contributed by atoms with Crippen LogP contribution in [0, 0.1) is 13.8 Å². The number of rotatable bonds is 3. The van der Waals surface area contributed by atoms with Crippen LogP contribution in [0.2, 0.25) is 0 Å². The van der Waals surface area contributed by atoms with Gasteiger partial charge in [-0.2, -0.15) is 0 Å². The number of aliphatic hydroxyl groups is 1. The van der Waals surface area contributed by atoms with Crippen LogP contribution < -0.4 is 0 Å². The van der Waals surface area contributed by atoms with Crippen molar-refractivity contribution in [3.8, 4) is 0 Å². The van der Waals surface area contributed by atoms with Gasteiger partial charge in [0.05, 0.1) is 17.4 Å². The van der Waals surface area contributed by atoms with Gasteiger partial charge in [0.1, 0.15) is 5.76 Å². The summed E-state index contributed by atoms with van der Waals surface area (Å²) >= 11 is 1.67. The Morgan fingerprint density at radius 1 is 1.46 bits per heavy atom. The second-order valence-electron chi connectivity index (χ2n) is 6.68. The third-order valence-electron chi connectivity index (χ3n) is 4.97. The fourth-order valence-electron chi connectivity index (χ4n) is 3.44. The van der Waals surface area contributed by atoms with Crippen molar-refractivity contribution >= 4 is 17.2 Å². The Hall–Kier alpha value is -1.70. The lowest BCUT2D eigenvalue weighted by Crippen LogP contribution is -2.53. The number of amides is 1. The van der Waals surface area contributed by atoms with E-state index in [9.17, 15) is 9.90 Å². The maximum absolute atomic E-state index is 12.5. The molecule has 2 aromatic rings. The maximum Gasteiger partial charge on any atom is 0.255 e. The van der Waals surface area contributed by atoms with E-state index in [1.165, 1.54) is 16.0 Å². The van der Waals surface area contributed by atoms with Crippen molar-refractivity contribution in [1.29, 1.82) is 0 Å². The van der Waals surface area contributed by atoms with Gasteiger partial charge < -0.3 is 14.5 Å². The van der Waals surface area contributed by atoms with Crippen molar-refractivity contribution in [3.05, 3.63) is 38.4 Å². The van der Waals surface area contributed by atoms with Gasteiger partial charge in [0, 0.05) is 48.5 Å². The first-order valence-corrected chi connectivity index (χ1v) is 9.11. The summed E-state index contributed by atoms with van der Waals surface area (Å²) in [5, 5.41) is 15.4. The van der Waals surface area contributed by atoms with E-state index in [-0.39, 0.29) is 12.0 Å². The standard InChI is InChI=1S/C17H21N3O3S/c1-10-14(11(2)23-18-10)7-19-4-3-13-15(9-24-16(13)8-19)17(22)20-5-12(21)6-20/h9,12,21H,3-8H2,1-2H3. The predicted molar refractivity (Wildman–Crippen MR) is 90.0 cm³/mol. The van der Waals surface area contributed by atoms with Crippen LogP contribution >= 0.6 is 11.3 Å². The Morgan fingerprint density at radius 2 is 2.25 bits per heavy atom. The number of carbonyl (C=O) groups is 1. The molecule has 0 aliphatic carbocycles. The monoisotopic (exact) mass is 347 g/mol. The summed E-state index contributed by atoms with van der Waals surface area (Å²) in [7, 11) is 0. The Bertz CT molecular complexity index is 757. The number of likely N-dealkylation sites (tertiary alicyclic amines) is 1. The maximum atomic E-state index is 12.5. The van der Waals surface area contributed by atoms with Crippen LogP contribution in [0.3, 0.4) is 0 Å². The number of aromatic nitrogens is 1. The number of carbonyl (C=O) groups excluding carboxylic acids is 1. The number of aryl methyl sites for hydroxylation is 2. The topological polar surface area (TPSA) is 69.8 Å². The van der Waals surface area contributed by atoms with Gasteiger partial charge in [-0.3, -0.25) is 9.69 Å². The highest BCUT2D eigenvalue weighted by Gasteiger charge is 2.33. The Morgan fingerprint density at radius 3 is 2.92 bits per heavy atom. The number of fused-ring (bicyclic) bond motifs is 1. The van der Waals surface area contributed by atoms with Gasteiger partial charge in [0.2, 0.25) is 0 Å². The molecule has 2 aliphatic rings. The zero-order valence-corrected chi connectivity index (χ0v) is 14.7. The SMILES string of the molecule is Cc1noc(C)c1CN1CCc2c(C(=O)N3CC(O)C3)csc2C1. The third-order valence-corrected chi connectivity index (χ3v) is 5.98. The van der Waals surface area contributed by atoms with Crippen molar-refractivity contribution in [2.24, 2.45) is 0 Å². The fraction of sp³-hybridized carbons (Fsp3) is 0.529. The van der Waals surface area contributed by atoms with E-state index >= 15 is 0 Å². The van der Waals surface area contributed by atoms with Crippen LogP contribution in [0.1, 0.15) is 37.8 Å². The number of nitrogens with zero attached hydrogens (tertiary/aromatic N) is 3. The van der Waals surface area contributed by atoms with Gasteiger partial charge in [-0.25, -0.2) is 0 Å². The number of thiophene rings is 1. The van der Waals surface area contributed by atoms with Crippen LogP contribution in [0.15, 0.2) is 9.90 Å². The molecule has 4 heterocycles. The molecule has 0 radical (unpaired) electrons. The molecule has 1 saturated heterocycles. The van der Waals surface area contributed by atoms with Gasteiger partial charge in [-0.15, -0.1) is 11.3 Å². The zero-order chi connectivity index (χ0) is 16.8. The lowest BCUT2D eigenvalue weighted by molar-refractivity contribution is 0.00582. The van der Waals surface area contributed by atoms with Gasteiger partial charge in [0.15, 0.2) is 0 Å². The van der Waals surface area contributed by atoms with Gasteiger partial charge in [-0.1, -0.05) is 5.16 Å². The minimum atomic E-state index is -0.353. The fourth-order valence-corrected chi connectivity index (χ4v) is 4.55. The van der Waals surface area contributed by atoms with Crippen LogP contribution in [0.5, 0.6) is 0 Å². The highest BCUT2D eigenvalue weighted by atomic mass is 32.1. The van der Waals surface area contributed by atoms with Crippen molar-refractivity contribution in [1.82, 2.24) is 15.0 Å². The molecule has 1 fully saturated rings. The van der Waals surface area contributed by atoms with Crippen LogP contribution in [-0.2, 0) is 19.5 Å². The van der Waals surface area contributed by atoms with E-state index in [0.29, 0.717) is 13.1 Å². The number of hydrogen-bond acceptors (Lipinski definition) is 6. The lowest BCUT2D eigenvalue weighted by atomic mass is 10.0. The second-order valence-corrected chi connectivity index (χ2v) is 7.64. The first kappa shape index (κ1) is 15.8. The van der Waals surface area contributed by atoms with E-state index in [4.69, 9.17) is 4.52 Å². The van der Waals surface area contributed by atoms with Crippen molar-refractivity contribution in [3.63, 3.8) is 0 Å². The summed E-state index contributed by atoms with van der Waals surface area (Å²) in [5.74, 6) is 0.952. The molecule has 0 bridgehead atoms. The van der Waals surface area contributed by atoms with Crippen molar-refractivity contribution in [2.75, 3.05) is 19.6 Å². The molecular formula is C17H21N3O3S. The minimum absolute atomic E-state index is 0.0666. The Labute approximate surface area is 144 Å². The summed E-state index contributed by atoms with van der Waals surface area (Å²) in [4.78, 5) is 17.9. The summed E-state index contributed by atoms with van der Waals surface area (Å²) < 4.78 is 5.25. The zero-order valence-electron chi connectivity index (χ0n) is 13.9. The highest BCUT2D eigenvalue weighted by Crippen LogP contribution is 2.31. The Kier molecular flexibility index (Phi) is 3.94. The number of hydrogen-bond donors (Lipinski definition) is 1. The minimum Gasteiger partial charge on any atom is -0.389 e. The normalized spacial score (nSPS) is 18.5. The van der Waals surface area contributed by atoms with Crippen LogP contribution in [-0.4, -0.2) is 51.7 Å². The van der Waals surface area contributed by atoms with E-state index < -0.39 is 0 Å². The molecule has 0 unspecified atom stereocenters. The van der Waals surface area contributed by atoms with Crippen molar-refractivity contribution < 1.29 is 14.4 Å². The van der Waals surface area contributed by atoms with Gasteiger partial charge >= 0.3 is 0 Å². The molecule has 1 amide bonds. The first-order valence-electron chi connectivity index (χ1n) is 8.23. The molecule has 7 heteroatoms. The van der Waals surface area contributed by atoms with E-state index in [1.807, 2.05) is 19.2 Å². The quantitative estimate of drug-likeness (QED) is 0.916. The molecule has 6 nitrogen and oxygen atoms in total. The van der Waals surface area contributed by atoms with Crippen LogP contribution in [0.25, 0.3) is 0 Å². The molecule has 0 atom stereocenters. The molecule has 24 heavy (non-hydrogen) atoms. The lowest BCUT2D eigenvalue weighted by Gasteiger charge is -2.36. The molecular weight excluding hydrogens is 326 g/mol. The average molecular weight is 347 g/mol. The van der Waals surface area contributed by atoms with E-state index in [1.54, 1.807) is 16.2 Å². The van der Waals surface area contributed by atoms with Crippen LogP contribution in [0.4, 0.5) is 0 Å². The molecule has 0 spiro atoms. The Balaban J connectivity index is 1.48. The first-order chi connectivity index (χ1) is 11.5. The number of β-amino-alcohol motifs (C(OH)–C–C–N with tert-alkyl or cyclic N) is 1. The smallest absolute Gasteiger partial charge is 0.255 e. The van der Waals surface area contributed by atoms with E-state index in [2.05, 4.69) is 10.1 Å². The summed E-state index contributed by atoms with van der Waals surface area (Å²) in [6.07, 6.45) is 0.536. The average Bonchev–Trinajstić information content (AvgIpc) is 3.09. The van der Waals surface area contributed by atoms with Crippen molar-refractivity contribution in [2.45, 2.75) is 39.5 Å². The third kappa shape index (κ3) is 2.66. The largest absolute Gasteiger partial charge is 0.389 e. The molecule has 2 aromatic heterocycles. The molecule has 1 N–H and O–H groups in total. The summed E-state index contributed by atoms with van der Waals surface area (Å²) in [6, 6.07) is 0. The summed E-state index contributed by atoms with van der Waals surface area (Å²) in [5.41, 5.74) is 4.15. The highest BCUT2D eigenvalue weighted by molar-refractivity contribution is 7.10. The molecule has 4 rings (SSSR count). The molecule has 2 aliphatic heterocycles. The van der Waals surface area contributed by atoms with Gasteiger partial charge in [0.25, 0.3) is 5.91 Å². The summed E-state index contributed by atoms with van der Waals surface area (Å²) in [6.45, 7) is 7.47. The molecule has 128 valence electrons. The predicted octanol–water partition coefficient (Wildman–Crippen LogP) is 1.73. The molecule has 0 aromatic carbocycles. The second kappa shape index (κ2) is 5.98. The number of aliphatic hydroxyl groups excluding tert-OH is 1. The molecule has 0 saturated carbocycles.